The molecule has 1 unspecified atom stereocenters. The average molecular weight is 378 g/mol. The summed E-state index contributed by atoms with van der Waals surface area (Å²) in [4.78, 5) is 28.1. The van der Waals surface area contributed by atoms with E-state index in [0.29, 0.717) is 13.0 Å². The third-order valence-corrected chi connectivity index (χ3v) is 5.63. The van der Waals surface area contributed by atoms with Crippen molar-refractivity contribution in [1.29, 1.82) is 0 Å². The Kier molecular flexibility index (Phi) is 4.99. The lowest BCUT2D eigenvalue weighted by molar-refractivity contribution is -0.128. The third kappa shape index (κ3) is 3.57. The molecule has 2 aliphatic heterocycles. The van der Waals surface area contributed by atoms with Crippen LogP contribution >= 0.6 is 0 Å². The number of hydrogen-bond acceptors (Lipinski definition) is 2. The van der Waals surface area contributed by atoms with Crippen molar-refractivity contribution in [2.24, 2.45) is 0 Å². The molecule has 0 aliphatic carbocycles. The van der Waals surface area contributed by atoms with E-state index in [0.717, 1.165) is 41.8 Å². The maximum absolute atomic E-state index is 13.6. The van der Waals surface area contributed by atoms with Gasteiger partial charge in [0.2, 0.25) is 11.8 Å². The summed E-state index contributed by atoms with van der Waals surface area (Å²) in [7, 11) is 0. The molecule has 0 bridgehead atoms. The van der Waals surface area contributed by atoms with Crippen LogP contribution in [0.1, 0.15) is 42.5 Å². The summed E-state index contributed by atoms with van der Waals surface area (Å²) >= 11 is 0. The van der Waals surface area contributed by atoms with Gasteiger partial charge in [0, 0.05) is 31.3 Å². The van der Waals surface area contributed by atoms with Gasteiger partial charge in [-0.05, 0) is 66.8 Å². The Morgan fingerprint density at radius 1 is 1.11 bits per heavy atom. The zero-order valence-electron chi connectivity index (χ0n) is 15.9. The van der Waals surface area contributed by atoms with E-state index < -0.39 is 0 Å². The van der Waals surface area contributed by atoms with E-state index in [-0.39, 0.29) is 23.7 Å². The Balaban J connectivity index is 1.45. The van der Waals surface area contributed by atoms with Crippen LogP contribution < -0.4 is 4.90 Å². The molecule has 1 atom stereocenters. The second-order valence-corrected chi connectivity index (χ2v) is 7.37. The quantitative estimate of drug-likeness (QED) is 0.754. The number of amides is 2. The molecule has 1 fully saturated rings. The lowest BCUT2D eigenvalue weighted by Gasteiger charge is -2.34. The molecule has 4 rings (SSSR count). The molecule has 2 aliphatic rings. The Hall–Kier alpha value is -2.95. The number of rotatable bonds is 3. The smallest absolute Gasteiger partial charge is 0.247 e. The minimum atomic E-state index is -0.271. The van der Waals surface area contributed by atoms with Crippen LogP contribution in [0.2, 0.25) is 0 Å². The molecule has 1 saturated heterocycles. The number of carbonyl (C=O) groups is 2. The highest BCUT2D eigenvalue weighted by Crippen LogP contribution is 2.30. The van der Waals surface area contributed by atoms with Crippen molar-refractivity contribution in [2.45, 2.75) is 32.2 Å². The summed E-state index contributed by atoms with van der Waals surface area (Å²) < 4.78 is 13.6. The Labute approximate surface area is 164 Å². The molecule has 144 valence electrons. The fraction of sp³-hybridized carbons (Fsp3) is 0.304. The third-order valence-electron chi connectivity index (χ3n) is 5.63. The molecule has 2 heterocycles. The van der Waals surface area contributed by atoms with Crippen LogP contribution in [0, 0.1) is 5.82 Å². The van der Waals surface area contributed by atoms with Crippen molar-refractivity contribution in [1.82, 2.24) is 4.90 Å². The number of carbonyl (C=O) groups excluding carboxylic acids is 2. The van der Waals surface area contributed by atoms with Crippen LogP contribution in [-0.2, 0) is 16.0 Å². The maximum Gasteiger partial charge on any atom is 0.247 e. The van der Waals surface area contributed by atoms with Crippen LogP contribution in [0.4, 0.5) is 10.1 Å². The molecule has 2 amide bonds. The average Bonchev–Trinajstić information content (AvgIpc) is 3.13. The largest absolute Gasteiger partial charge is 0.332 e. The monoisotopic (exact) mass is 378 g/mol. The van der Waals surface area contributed by atoms with Crippen molar-refractivity contribution in [3.05, 3.63) is 71.0 Å². The molecule has 4 nitrogen and oxygen atoms in total. The predicted octanol–water partition coefficient (Wildman–Crippen LogP) is 4.11. The van der Waals surface area contributed by atoms with Gasteiger partial charge in [-0.3, -0.25) is 9.59 Å². The fourth-order valence-electron chi connectivity index (χ4n) is 4.04. The van der Waals surface area contributed by atoms with Crippen molar-refractivity contribution in [3.63, 3.8) is 0 Å². The molecular weight excluding hydrogens is 355 g/mol. The molecule has 0 saturated carbocycles. The Morgan fingerprint density at radius 3 is 2.61 bits per heavy atom. The molecule has 0 aromatic heterocycles. The standard InChI is InChI=1S/C23H23FN2O2/c1-16-21-15-19(24)8-7-18(21)12-14-25(16)23(28)11-6-17-4-9-20(10-5-17)26-13-2-3-22(26)27/h4-11,15-16H,2-3,12-14H2,1H3/b11-6+. The van der Waals surface area contributed by atoms with Gasteiger partial charge in [0.1, 0.15) is 5.82 Å². The molecule has 2 aromatic carbocycles. The van der Waals surface area contributed by atoms with Crippen molar-refractivity contribution in [3.8, 4) is 0 Å². The van der Waals surface area contributed by atoms with Gasteiger partial charge in [0.25, 0.3) is 0 Å². The lowest BCUT2D eigenvalue weighted by atomic mass is 9.93. The minimum absolute atomic E-state index is 0.0822. The number of halogens is 1. The van der Waals surface area contributed by atoms with E-state index in [1.165, 1.54) is 12.1 Å². The SMILES string of the molecule is CC1c2cc(F)ccc2CCN1C(=O)/C=C/c1ccc(N2CCCC2=O)cc1. The van der Waals surface area contributed by atoms with Gasteiger partial charge in [-0.1, -0.05) is 18.2 Å². The van der Waals surface area contributed by atoms with Crippen LogP contribution in [0.25, 0.3) is 6.08 Å². The zero-order valence-corrected chi connectivity index (χ0v) is 15.9. The highest BCUT2D eigenvalue weighted by atomic mass is 19.1. The summed E-state index contributed by atoms with van der Waals surface area (Å²) in [5.74, 6) is -0.192. The second-order valence-electron chi connectivity index (χ2n) is 7.37. The van der Waals surface area contributed by atoms with Crippen LogP contribution in [-0.4, -0.2) is 29.8 Å². The molecule has 5 heteroatoms. The summed E-state index contributed by atoms with van der Waals surface area (Å²) in [6, 6.07) is 12.3. The number of nitrogens with zero attached hydrogens (tertiary/aromatic N) is 2. The van der Waals surface area contributed by atoms with E-state index in [2.05, 4.69) is 0 Å². The normalized spacial score (nSPS) is 19.4. The lowest BCUT2D eigenvalue weighted by Crippen LogP contribution is -2.37. The number of fused-ring (bicyclic) bond motifs is 1. The second kappa shape index (κ2) is 7.58. The Bertz CT molecular complexity index is 936. The van der Waals surface area contributed by atoms with E-state index >= 15 is 0 Å². The molecule has 2 aromatic rings. The summed E-state index contributed by atoms with van der Waals surface area (Å²) in [5, 5.41) is 0. The number of benzene rings is 2. The van der Waals surface area contributed by atoms with Crippen molar-refractivity contribution in [2.75, 3.05) is 18.0 Å². The summed E-state index contributed by atoms with van der Waals surface area (Å²) in [6.07, 6.45) is 5.59. The van der Waals surface area contributed by atoms with Gasteiger partial charge in [0.15, 0.2) is 0 Å². The minimum Gasteiger partial charge on any atom is -0.332 e. The first-order valence-corrected chi connectivity index (χ1v) is 9.70. The van der Waals surface area contributed by atoms with Gasteiger partial charge >= 0.3 is 0 Å². The van der Waals surface area contributed by atoms with Gasteiger partial charge in [-0.25, -0.2) is 4.39 Å². The highest BCUT2D eigenvalue weighted by Gasteiger charge is 2.26. The van der Waals surface area contributed by atoms with Crippen LogP contribution in [0.15, 0.2) is 48.5 Å². The van der Waals surface area contributed by atoms with Gasteiger partial charge in [0.05, 0.1) is 6.04 Å². The van der Waals surface area contributed by atoms with Gasteiger partial charge < -0.3 is 9.80 Å². The van der Waals surface area contributed by atoms with Gasteiger partial charge in [-0.2, -0.15) is 0 Å². The first kappa shape index (κ1) is 18.4. The van der Waals surface area contributed by atoms with E-state index in [1.807, 2.05) is 37.3 Å². The van der Waals surface area contributed by atoms with Gasteiger partial charge in [-0.15, -0.1) is 0 Å². The first-order chi connectivity index (χ1) is 13.5. The number of hydrogen-bond donors (Lipinski definition) is 0. The molecular formula is C23H23FN2O2. The van der Waals surface area contributed by atoms with E-state index in [1.54, 1.807) is 22.0 Å². The van der Waals surface area contributed by atoms with Crippen molar-refractivity contribution < 1.29 is 14.0 Å². The molecule has 28 heavy (non-hydrogen) atoms. The zero-order chi connectivity index (χ0) is 19.7. The van der Waals surface area contributed by atoms with E-state index in [4.69, 9.17) is 0 Å². The number of anilines is 1. The predicted molar refractivity (Wildman–Crippen MR) is 107 cm³/mol. The van der Waals surface area contributed by atoms with Crippen LogP contribution in [0.5, 0.6) is 0 Å². The fourth-order valence-corrected chi connectivity index (χ4v) is 4.04. The summed E-state index contributed by atoms with van der Waals surface area (Å²) in [6.45, 7) is 3.32. The first-order valence-electron chi connectivity index (χ1n) is 9.70. The maximum atomic E-state index is 13.6. The van der Waals surface area contributed by atoms with Crippen molar-refractivity contribution >= 4 is 23.6 Å². The molecule has 0 N–H and O–H groups in total. The topological polar surface area (TPSA) is 40.6 Å². The van der Waals surface area contributed by atoms with E-state index in [9.17, 15) is 14.0 Å². The Morgan fingerprint density at radius 2 is 1.89 bits per heavy atom. The highest BCUT2D eigenvalue weighted by molar-refractivity contribution is 5.95. The van der Waals surface area contributed by atoms with Crippen LogP contribution in [0.3, 0.4) is 0 Å². The molecule has 0 radical (unpaired) electrons. The summed E-state index contributed by atoms with van der Waals surface area (Å²) in [5.41, 5.74) is 3.79. The molecule has 0 spiro atoms.